The minimum absolute atomic E-state index is 0.269. The standard InChI is InChI=1S/C23H22N4O2/c1-26(2)16-19-22(25-21-14-8-9-15-27(19)21)23(28)24-18-12-6-7-13-20(18)29-17-10-4-3-5-11-17/h3-15H,16H2,1-2H3,(H,24,28). The van der Waals surface area contributed by atoms with E-state index in [9.17, 15) is 4.79 Å². The summed E-state index contributed by atoms with van der Waals surface area (Å²) in [7, 11) is 3.93. The molecule has 6 nitrogen and oxygen atoms in total. The Morgan fingerprint density at radius 1 is 1.00 bits per heavy atom. The Morgan fingerprint density at radius 3 is 2.52 bits per heavy atom. The Labute approximate surface area is 169 Å². The van der Waals surface area contributed by atoms with Crippen LogP contribution in [0.15, 0.2) is 79.0 Å². The second kappa shape index (κ2) is 8.16. The molecule has 1 N–H and O–H groups in total. The smallest absolute Gasteiger partial charge is 0.276 e. The molecule has 2 aromatic heterocycles. The zero-order valence-electron chi connectivity index (χ0n) is 16.4. The highest BCUT2D eigenvalue weighted by Crippen LogP contribution is 2.29. The monoisotopic (exact) mass is 386 g/mol. The van der Waals surface area contributed by atoms with Crippen LogP contribution in [0.4, 0.5) is 5.69 Å². The van der Waals surface area contributed by atoms with Gasteiger partial charge in [0.1, 0.15) is 11.4 Å². The number of amides is 1. The zero-order chi connectivity index (χ0) is 20.2. The van der Waals surface area contributed by atoms with Crippen LogP contribution in [0.3, 0.4) is 0 Å². The van der Waals surface area contributed by atoms with Crippen molar-refractivity contribution < 1.29 is 9.53 Å². The summed E-state index contributed by atoms with van der Waals surface area (Å²) < 4.78 is 7.90. The lowest BCUT2D eigenvalue weighted by Crippen LogP contribution is -2.19. The van der Waals surface area contributed by atoms with Gasteiger partial charge in [-0.2, -0.15) is 0 Å². The number of hydrogen-bond donors (Lipinski definition) is 1. The van der Waals surface area contributed by atoms with Gasteiger partial charge in [0.05, 0.1) is 11.4 Å². The molecule has 0 aliphatic carbocycles. The molecule has 0 bridgehead atoms. The first-order valence-corrected chi connectivity index (χ1v) is 9.36. The molecule has 0 unspecified atom stereocenters. The predicted molar refractivity (Wildman–Crippen MR) is 113 cm³/mol. The maximum atomic E-state index is 13.1. The highest BCUT2D eigenvalue weighted by atomic mass is 16.5. The lowest BCUT2D eigenvalue weighted by atomic mass is 10.2. The van der Waals surface area contributed by atoms with Crippen molar-refractivity contribution in [3.05, 3.63) is 90.4 Å². The number of rotatable bonds is 6. The Morgan fingerprint density at radius 2 is 1.72 bits per heavy atom. The molecule has 0 aliphatic heterocycles. The van der Waals surface area contributed by atoms with E-state index in [4.69, 9.17) is 4.74 Å². The number of hydrogen-bond acceptors (Lipinski definition) is 4. The molecule has 0 radical (unpaired) electrons. The number of nitrogens with zero attached hydrogens (tertiary/aromatic N) is 3. The van der Waals surface area contributed by atoms with E-state index in [1.807, 2.05) is 102 Å². The van der Waals surface area contributed by atoms with E-state index in [0.29, 0.717) is 29.4 Å². The number of imidazole rings is 1. The molecule has 0 atom stereocenters. The molecule has 4 rings (SSSR count). The summed E-state index contributed by atoms with van der Waals surface area (Å²) in [5.41, 5.74) is 2.57. The minimum atomic E-state index is -0.269. The first-order valence-electron chi connectivity index (χ1n) is 9.36. The van der Waals surface area contributed by atoms with Crippen LogP contribution in [0.1, 0.15) is 16.2 Å². The van der Waals surface area contributed by atoms with Gasteiger partial charge in [0.15, 0.2) is 11.4 Å². The summed E-state index contributed by atoms with van der Waals surface area (Å²) in [5, 5.41) is 2.96. The van der Waals surface area contributed by atoms with Gasteiger partial charge in [0.25, 0.3) is 5.91 Å². The van der Waals surface area contributed by atoms with Crippen molar-refractivity contribution in [2.45, 2.75) is 6.54 Å². The fourth-order valence-electron chi connectivity index (χ4n) is 3.13. The molecular weight excluding hydrogens is 364 g/mol. The molecule has 2 heterocycles. The van der Waals surface area contributed by atoms with Crippen molar-refractivity contribution in [2.24, 2.45) is 0 Å². The normalized spacial score (nSPS) is 11.0. The average molecular weight is 386 g/mol. The summed E-state index contributed by atoms with van der Waals surface area (Å²) in [6.45, 7) is 0.593. The third kappa shape index (κ3) is 4.12. The highest BCUT2D eigenvalue weighted by molar-refractivity contribution is 6.05. The van der Waals surface area contributed by atoms with E-state index < -0.39 is 0 Å². The second-order valence-electron chi connectivity index (χ2n) is 6.94. The molecule has 0 saturated carbocycles. The van der Waals surface area contributed by atoms with Gasteiger partial charge in [-0.3, -0.25) is 4.79 Å². The largest absolute Gasteiger partial charge is 0.455 e. The predicted octanol–water partition coefficient (Wildman–Crippen LogP) is 4.44. The molecule has 0 aliphatic rings. The van der Waals surface area contributed by atoms with Gasteiger partial charge >= 0.3 is 0 Å². The number of carbonyl (C=O) groups excluding carboxylic acids is 1. The topological polar surface area (TPSA) is 58.9 Å². The average Bonchev–Trinajstić information content (AvgIpc) is 3.08. The molecule has 0 spiro atoms. The maximum Gasteiger partial charge on any atom is 0.276 e. The van der Waals surface area contributed by atoms with Crippen LogP contribution in [0, 0.1) is 0 Å². The maximum absolute atomic E-state index is 13.1. The summed E-state index contributed by atoms with van der Waals surface area (Å²) in [5.74, 6) is 1.01. The van der Waals surface area contributed by atoms with Crippen molar-refractivity contribution >= 4 is 17.2 Å². The van der Waals surface area contributed by atoms with Crippen LogP contribution < -0.4 is 10.1 Å². The Bertz CT molecular complexity index is 1140. The van der Waals surface area contributed by atoms with Gasteiger partial charge < -0.3 is 19.4 Å². The lowest BCUT2D eigenvalue weighted by Gasteiger charge is -2.13. The molecule has 146 valence electrons. The quantitative estimate of drug-likeness (QED) is 0.532. The number of benzene rings is 2. The lowest BCUT2D eigenvalue weighted by molar-refractivity contribution is 0.102. The summed E-state index contributed by atoms with van der Waals surface area (Å²) in [6, 6.07) is 22.6. The molecular formula is C23H22N4O2. The summed E-state index contributed by atoms with van der Waals surface area (Å²) in [4.78, 5) is 19.7. The number of ether oxygens (including phenoxy) is 1. The van der Waals surface area contributed by atoms with Gasteiger partial charge in [-0.1, -0.05) is 36.4 Å². The van der Waals surface area contributed by atoms with Crippen LogP contribution in [0.5, 0.6) is 11.5 Å². The van der Waals surface area contributed by atoms with Crippen LogP contribution >= 0.6 is 0 Å². The van der Waals surface area contributed by atoms with Crippen LogP contribution in [-0.2, 0) is 6.54 Å². The van der Waals surface area contributed by atoms with E-state index in [2.05, 4.69) is 10.3 Å². The van der Waals surface area contributed by atoms with Crippen LogP contribution in [-0.4, -0.2) is 34.3 Å². The first kappa shape index (κ1) is 18.7. The molecule has 1 amide bonds. The third-order valence-electron chi connectivity index (χ3n) is 4.42. The number of nitrogens with one attached hydrogen (secondary N) is 1. The number of para-hydroxylation sites is 3. The molecule has 2 aromatic carbocycles. The molecule has 6 heteroatoms. The third-order valence-corrected chi connectivity index (χ3v) is 4.42. The zero-order valence-corrected chi connectivity index (χ0v) is 16.4. The Balaban J connectivity index is 1.65. The first-order chi connectivity index (χ1) is 14.1. The van der Waals surface area contributed by atoms with Crippen LogP contribution in [0.2, 0.25) is 0 Å². The minimum Gasteiger partial charge on any atom is -0.455 e. The van der Waals surface area contributed by atoms with Crippen molar-refractivity contribution in [3.8, 4) is 11.5 Å². The fraction of sp³-hybridized carbons (Fsp3) is 0.130. The van der Waals surface area contributed by atoms with E-state index in [-0.39, 0.29) is 5.91 Å². The summed E-state index contributed by atoms with van der Waals surface area (Å²) >= 11 is 0. The van der Waals surface area contributed by atoms with E-state index in [1.54, 1.807) is 0 Å². The molecule has 4 aromatic rings. The van der Waals surface area contributed by atoms with Gasteiger partial charge in [-0.15, -0.1) is 0 Å². The summed E-state index contributed by atoms with van der Waals surface area (Å²) in [6.07, 6.45) is 1.92. The van der Waals surface area contributed by atoms with Crippen molar-refractivity contribution in [2.75, 3.05) is 19.4 Å². The van der Waals surface area contributed by atoms with E-state index in [1.165, 1.54) is 0 Å². The van der Waals surface area contributed by atoms with Gasteiger partial charge in [-0.05, 0) is 50.5 Å². The molecule has 0 fully saturated rings. The van der Waals surface area contributed by atoms with Gasteiger partial charge in [-0.25, -0.2) is 4.98 Å². The van der Waals surface area contributed by atoms with Gasteiger partial charge in [0.2, 0.25) is 0 Å². The van der Waals surface area contributed by atoms with Crippen LogP contribution in [0.25, 0.3) is 5.65 Å². The van der Waals surface area contributed by atoms with Crippen molar-refractivity contribution in [3.63, 3.8) is 0 Å². The van der Waals surface area contributed by atoms with Crippen molar-refractivity contribution in [1.82, 2.24) is 14.3 Å². The van der Waals surface area contributed by atoms with E-state index >= 15 is 0 Å². The second-order valence-corrected chi connectivity index (χ2v) is 6.94. The number of anilines is 1. The number of pyridine rings is 1. The van der Waals surface area contributed by atoms with Crippen molar-refractivity contribution in [1.29, 1.82) is 0 Å². The SMILES string of the molecule is CN(C)Cc1c(C(=O)Nc2ccccc2Oc2ccccc2)nc2ccccn12. The molecule has 29 heavy (non-hydrogen) atoms. The Hall–Kier alpha value is -3.64. The molecule has 0 saturated heterocycles. The number of carbonyl (C=O) groups is 1. The van der Waals surface area contributed by atoms with Gasteiger partial charge in [0, 0.05) is 12.7 Å². The highest BCUT2D eigenvalue weighted by Gasteiger charge is 2.20. The Kier molecular flexibility index (Phi) is 5.27. The number of aromatic nitrogens is 2. The van der Waals surface area contributed by atoms with E-state index in [0.717, 1.165) is 11.3 Å². The fourth-order valence-corrected chi connectivity index (χ4v) is 3.13. The number of fused-ring (bicyclic) bond motifs is 1.